The molecule has 0 bridgehead atoms. The Labute approximate surface area is 146 Å². The molecule has 0 aliphatic carbocycles. The van der Waals surface area contributed by atoms with E-state index in [1.54, 1.807) is 24.3 Å². The van der Waals surface area contributed by atoms with Crippen molar-refractivity contribution in [2.45, 2.75) is 13.5 Å². The van der Waals surface area contributed by atoms with Gasteiger partial charge in [0.05, 0.1) is 6.54 Å². The molecular weight excluding hydrogens is 326 g/mol. The van der Waals surface area contributed by atoms with Crippen molar-refractivity contribution in [2.24, 2.45) is 0 Å². The molecule has 0 aromatic heterocycles. The van der Waals surface area contributed by atoms with Crippen molar-refractivity contribution in [2.75, 3.05) is 18.4 Å². The minimum absolute atomic E-state index is 0.149. The highest BCUT2D eigenvalue weighted by molar-refractivity contribution is 6.31. The number of benzene rings is 2. The van der Waals surface area contributed by atoms with Gasteiger partial charge in [0.1, 0.15) is 0 Å². The molecular formula is C18H20ClN3O2. The van der Waals surface area contributed by atoms with E-state index < -0.39 is 0 Å². The summed E-state index contributed by atoms with van der Waals surface area (Å²) in [6.07, 6.45) is 0. The summed E-state index contributed by atoms with van der Waals surface area (Å²) in [5, 5.41) is 9.20. The summed E-state index contributed by atoms with van der Waals surface area (Å²) in [7, 11) is 0. The van der Waals surface area contributed by atoms with E-state index in [1.165, 1.54) is 0 Å². The molecule has 0 heterocycles. The van der Waals surface area contributed by atoms with E-state index >= 15 is 0 Å². The topological polar surface area (TPSA) is 70.2 Å². The van der Waals surface area contributed by atoms with Gasteiger partial charge in [-0.25, -0.2) is 0 Å². The van der Waals surface area contributed by atoms with Crippen LogP contribution in [-0.4, -0.2) is 24.9 Å². The Kier molecular flexibility index (Phi) is 6.78. The van der Waals surface area contributed by atoms with Crippen LogP contribution in [0.5, 0.6) is 0 Å². The van der Waals surface area contributed by atoms with E-state index in [9.17, 15) is 9.59 Å². The molecule has 126 valence electrons. The predicted octanol–water partition coefficient (Wildman–Crippen LogP) is 2.82. The van der Waals surface area contributed by atoms with Gasteiger partial charge < -0.3 is 16.0 Å². The first kappa shape index (κ1) is 18.0. The Bertz CT molecular complexity index is 719. The van der Waals surface area contributed by atoms with Crippen molar-refractivity contribution < 1.29 is 9.59 Å². The van der Waals surface area contributed by atoms with Crippen molar-refractivity contribution in [3.05, 3.63) is 64.7 Å². The number of hydrogen-bond donors (Lipinski definition) is 3. The normalized spacial score (nSPS) is 10.2. The van der Waals surface area contributed by atoms with Gasteiger partial charge in [-0.05, 0) is 36.8 Å². The molecule has 0 radical (unpaired) electrons. The molecule has 0 aliphatic heterocycles. The van der Waals surface area contributed by atoms with Gasteiger partial charge in [-0.1, -0.05) is 35.9 Å². The first-order chi connectivity index (χ1) is 11.6. The summed E-state index contributed by atoms with van der Waals surface area (Å²) in [6, 6.07) is 14.3. The third kappa shape index (κ3) is 5.37. The van der Waals surface area contributed by atoms with Crippen molar-refractivity contribution in [3.8, 4) is 0 Å². The first-order valence-electron chi connectivity index (χ1n) is 7.72. The van der Waals surface area contributed by atoms with Gasteiger partial charge in [0.15, 0.2) is 0 Å². The molecule has 5 nitrogen and oxygen atoms in total. The Morgan fingerprint density at radius 1 is 1.08 bits per heavy atom. The van der Waals surface area contributed by atoms with Crippen LogP contribution in [0.3, 0.4) is 0 Å². The van der Waals surface area contributed by atoms with Gasteiger partial charge in [0, 0.05) is 29.4 Å². The van der Waals surface area contributed by atoms with Crippen molar-refractivity contribution >= 4 is 29.1 Å². The van der Waals surface area contributed by atoms with Crippen LogP contribution < -0.4 is 16.0 Å². The van der Waals surface area contributed by atoms with Gasteiger partial charge in [0.25, 0.3) is 5.91 Å². The summed E-state index contributed by atoms with van der Waals surface area (Å²) < 4.78 is 0. The van der Waals surface area contributed by atoms with Gasteiger partial charge in [-0.15, -0.1) is 0 Å². The molecule has 0 saturated carbocycles. The highest BCUT2D eigenvalue weighted by atomic mass is 35.5. The monoisotopic (exact) mass is 345 g/mol. The van der Waals surface area contributed by atoms with Gasteiger partial charge in [0.2, 0.25) is 5.91 Å². The molecule has 2 rings (SSSR count). The molecule has 0 fully saturated rings. The lowest BCUT2D eigenvalue weighted by Gasteiger charge is -2.09. The van der Waals surface area contributed by atoms with Crippen LogP contribution >= 0.6 is 11.6 Å². The van der Waals surface area contributed by atoms with E-state index in [0.29, 0.717) is 29.4 Å². The van der Waals surface area contributed by atoms with Crippen LogP contribution in [0.1, 0.15) is 22.8 Å². The zero-order valence-corrected chi connectivity index (χ0v) is 14.2. The molecule has 6 heteroatoms. The predicted molar refractivity (Wildman–Crippen MR) is 96.2 cm³/mol. The second-order valence-electron chi connectivity index (χ2n) is 5.18. The third-order valence-corrected chi connectivity index (χ3v) is 3.67. The minimum atomic E-state index is -0.185. The number of rotatable bonds is 7. The zero-order chi connectivity index (χ0) is 17.4. The van der Waals surface area contributed by atoms with E-state index in [-0.39, 0.29) is 18.4 Å². The molecule has 2 amide bonds. The number of carbonyl (C=O) groups excluding carboxylic acids is 2. The van der Waals surface area contributed by atoms with Crippen LogP contribution in [-0.2, 0) is 11.3 Å². The van der Waals surface area contributed by atoms with Crippen molar-refractivity contribution in [3.63, 3.8) is 0 Å². The highest BCUT2D eigenvalue weighted by Crippen LogP contribution is 2.14. The quantitative estimate of drug-likeness (QED) is 0.722. The highest BCUT2D eigenvalue weighted by Gasteiger charge is 2.07. The van der Waals surface area contributed by atoms with Crippen LogP contribution in [0, 0.1) is 0 Å². The van der Waals surface area contributed by atoms with Crippen LogP contribution in [0.4, 0.5) is 5.69 Å². The fourth-order valence-electron chi connectivity index (χ4n) is 2.16. The lowest BCUT2D eigenvalue weighted by atomic mass is 10.2. The fraction of sp³-hybridized carbons (Fsp3) is 0.222. The smallest absolute Gasteiger partial charge is 0.251 e. The van der Waals surface area contributed by atoms with Crippen LogP contribution in [0.2, 0.25) is 5.02 Å². The maximum absolute atomic E-state index is 12.0. The second kappa shape index (κ2) is 9.05. The minimum Gasteiger partial charge on any atom is -0.352 e. The number of anilines is 1. The van der Waals surface area contributed by atoms with Gasteiger partial charge in [-0.3, -0.25) is 9.59 Å². The molecule has 24 heavy (non-hydrogen) atoms. The molecule has 2 aromatic carbocycles. The van der Waals surface area contributed by atoms with E-state index in [2.05, 4.69) is 16.0 Å². The van der Waals surface area contributed by atoms with Crippen molar-refractivity contribution in [1.82, 2.24) is 10.6 Å². The maximum Gasteiger partial charge on any atom is 0.251 e. The zero-order valence-electron chi connectivity index (χ0n) is 13.4. The van der Waals surface area contributed by atoms with Crippen molar-refractivity contribution in [1.29, 1.82) is 0 Å². The largest absolute Gasteiger partial charge is 0.352 e. The van der Waals surface area contributed by atoms with E-state index in [1.807, 2.05) is 31.2 Å². The average Bonchev–Trinajstić information content (AvgIpc) is 2.57. The van der Waals surface area contributed by atoms with E-state index in [4.69, 9.17) is 11.6 Å². The number of halogens is 1. The number of amides is 2. The average molecular weight is 346 g/mol. The van der Waals surface area contributed by atoms with Gasteiger partial charge in [-0.2, -0.15) is 0 Å². The molecule has 2 aromatic rings. The lowest BCUT2D eigenvalue weighted by Crippen LogP contribution is -2.28. The Hall–Kier alpha value is -2.37. The number of hydrogen-bond acceptors (Lipinski definition) is 3. The summed E-state index contributed by atoms with van der Waals surface area (Å²) in [5.74, 6) is -0.347. The number of nitrogens with one attached hydrogen (secondary N) is 3. The fourth-order valence-corrected chi connectivity index (χ4v) is 2.36. The van der Waals surface area contributed by atoms with Gasteiger partial charge >= 0.3 is 0 Å². The standard InChI is InChI=1S/C18H20ClN3O2/c1-2-21-18(24)13-7-5-8-15(10-13)22-17(23)12-20-11-14-6-3-4-9-16(14)19/h3-10,20H,2,11-12H2,1H3,(H,21,24)(H,22,23). The Balaban J connectivity index is 1.85. The summed E-state index contributed by atoms with van der Waals surface area (Å²) in [5.41, 5.74) is 2.03. The van der Waals surface area contributed by atoms with Crippen LogP contribution in [0.25, 0.3) is 0 Å². The first-order valence-corrected chi connectivity index (χ1v) is 8.10. The third-order valence-electron chi connectivity index (χ3n) is 3.30. The molecule has 3 N–H and O–H groups in total. The summed E-state index contributed by atoms with van der Waals surface area (Å²) in [6.45, 7) is 3.07. The summed E-state index contributed by atoms with van der Waals surface area (Å²) in [4.78, 5) is 23.8. The molecule has 0 unspecified atom stereocenters. The molecule has 0 atom stereocenters. The summed E-state index contributed by atoms with van der Waals surface area (Å²) >= 11 is 6.06. The second-order valence-corrected chi connectivity index (χ2v) is 5.59. The number of carbonyl (C=O) groups is 2. The Morgan fingerprint density at radius 2 is 1.88 bits per heavy atom. The SMILES string of the molecule is CCNC(=O)c1cccc(NC(=O)CNCc2ccccc2Cl)c1. The molecule has 0 spiro atoms. The molecule has 0 saturated heterocycles. The maximum atomic E-state index is 12.0. The van der Waals surface area contributed by atoms with Crippen LogP contribution in [0.15, 0.2) is 48.5 Å². The molecule has 0 aliphatic rings. The van der Waals surface area contributed by atoms with E-state index in [0.717, 1.165) is 5.56 Å². The Morgan fingerprint density at radius 3 is 2.62 bits per heavy atom. The lowest BCUT2D eigenvalue weighted by molar-refractivity contribution is -0.115.